The highest BCUT2D eigenvalue weighted by molar-refractivity contribution is 5.93. The first kappa shape index (κ1) is 11.9. The van der Waals surface area contributed by atoms with Gasteiger partial charge in [0.25, 0.3) is 0 Å². The van der Waals surface area contributed by atoms with E-state index in [1.54, 1.807) is 0 Å². The number of primary amides is 1. The van der Waals surface area contributed by atoms with Crippen LogP contribution in [0.1, 0.15) is 19.3 Å². The largest absolute Gasteiger partial charge is 0.351 e. The van der Waals surface area contributed by atoms with Crippen LogP contribution in [0, 0.1) is 0 Å². The fourth-order valence-corrected chi connectivity index (χ4v) is 1.75. The Morgan fingerprint density at radius 2 is 2.20 bits per heavy atom. The lowest BCUT2D eigenvalue weighted by molar-refractivity contribution is -0.120. The number of nitrogens with one attached hydrogen (secondary N) is 1. The Kier molecular flexibility index (Phi) is 4.51. The molecule has 3 amide bonds. The molecule has 1 aliphatic rings. The van der Waals surface area contributed by atoms with Crippen molar-refractivity contribution in [1.82, 2.24) is 10.2 Å². The highest BCUT2D eigenvalue weighted by Crippen LogP contribution is 2.07. The molecule has 0 radical (unpaired) electrons. The minimum absolute atomic E-state index is 0.206. The number of imide groups is 1. The van der Waals surface area contributed by atoms with Crippen LogP contribution < -0.4 is 16.8 Å². The second kappa shape index (κ2) is 5.67. The van der Waals surface area contributed by atoms with Crippen molar-refractivity contribution in [3.63, 3.8) is 0 Å². The van der Waals surface area contributed by atoms with Gasteiger partial charge in [-0.2, -0.15) is 0 Å². The zero-order valence-electron chi connectivity index (χ0n) is 8.74. The topological polar surface area (TPSA) is 101 Å². The van der Waals surface area contributed by atoms with Gasteiger partial charge in [-0.15, -0.1) is 0 Å². The molecule has 1 atom stereocenters. The molecule has 5 N–H and O–H groups in total. The third-order valence-electron chi connectivity index (χ3n) is 2.46. The lowest BCUT2D eigenvalue weighted by Crippen LogP contribution is -2.44. The number of hydrogen-bond donors (Lipinski definition) is 3. The third-order valence-corrected chi connectivity index (χ3v) is 2.46. The van der Waals surface area contributed by atoms with Crippen molar-refractivity contribution in [2.75, 3.05) is 19.6 Å². The number of urea groups is 1. The SMILES string of the molecule is NC(=O)NC(=O)CCN1CCC[C@@H](N)C1. The summed E-state index contributed by atoms with van der Waals surface area (Å²) in [5.41, 5.74) is 10.6. The molecule has 6 heteroatoms. The summed E-state index contributed by atoms with van der Waals surface area (Å²) in [5, 5.41) is 2.04. The van der Waals surface area contributed by atoms with E-state index in [9.17, 15) is 9.59 Å². The molecule has 1 fully saturated rings. The van der Waals surface area contributed by atoms with Crippen molar-refractivity contribution < 1.29 is 9.59 Å². The summed E-state index contributed by atoms with van der Waals surface area (Å²) in [6.07, 6.45) is 2.40. The fourth-order valence-electron chi connectivity index (χ4n) is 1.75. The standard InChI is InChI=1S/C9H18N4O2/c10-7-2-1-4-13(6-7)5-3-8(14)12-9(11)15/h7H,1-6,10H2,(H3,11,12,14,15)/t7-/m1/s1. The van der Waals surface area contributed by atoms with Gasteiger partial charge in [-0.1, -0.05) is 0 Å². The van der Waals surface area contributed by atoms with Gasteiger partial charge in [-0.3, -0.25) is 10.1 Å². The van der Waals surface area contributed by atoms with Crippen LogP contribution in [0.15, 0.2) is 0 Å². The summed E-state index contributed by atoms with van der Waals surface area (Å²) in [6.45, 7) is 2.42. The number of piperidine rings is 1. The summed E-state index contributed by atoms with van der Waals surface area (Å²) >= 11 is 0. The number of hydrogen-bond acceptors (Lipinski definition) is 4. The van der Waals surface area contributed by atoms with Crippen LogP contribution in [0.25, 0.3) is 0 Å². The summed E-state index contributed by atoms with van der Waals surface area (Å²) in [6, 6.07) is -0.590. The average molecular weight is 214 g/mol. The van der Waals surface area contributed by atoms with Crippen LogP contribution >= 0.6 is 0 Å². The summed E-state index contributed by atoms with van der Waals surface area (Å²) in [5.74, 6) is -0.332. The molecule has 0 aromatic heterocycles. The van der Waals surface area contributed by atoms with Crippen LogP contribution in [-0.2, 0) is 4.79 Å². The number of rotatable bonds is 3. The van der Waals surface area contributed by atoms with Crippen molar-refractivity contribution in [3.05, 3.63) is 0 Å². The van der Waals surface area contributed by atoms with E-state index >= 15 is 0 Å². The number of amides is 3. The Morgan fingerprint density at radius 1 is 1.47 bits per heavy atom. The lowest BCUT2D eigenvalue weighted by Gasteiger charge is -2.30. The molecule has 86 valence electrons. The minimum Gasteiger partial charge on any atom is -0.351 e. The maximum absolute atomic E-state index is 11.1. The molecule has 1 rings (SSSR count). The molecule has 1 aliphatic heterocycles. The van der Waals surface area contributed by atoms with Gasteiger partial charge in [0.1, 0.15) is 0 Å². The van der Waals surface area contributed by atoms with E-state index in [4.69, 9.17) is 11.5 Å². The fraction of sp³-hybridized carbons (Fsp3) is 0.778. The van der Waals surface area contributed by atoms with Crippen LogP contribution in [0.3, 0.4) is 0 Å². The van der Waals surface area contributed by atoms with Gasteiger partial charge in [-0.25, -0.2) is 4.79 Å². The molecule has 15 heavy (non-hydrogen) atoms. The Morgan fingerprint density at radius 3 is 2.80 bits per heavy atom. The smallest absolute Gasteiger partial charge is 0.318 e. The summed E-state index contributed by atoms with van der Waals surface area (Å²) < 4.78 is 0. The average Bonchev–Trinajstić information content (AvgIpc) is 2.14. The van der Waals surface area contributed by atoms with Crippen molar-refractivity contribution in [1.29, 1.82) is 0 Å². The first-order chi connectivity index (χ1) is 7.08. The first-order valence-corrected chi connectivity index (χ1v) is 5.15. The van der Waals surface area contributed by atoms with Gasteiger partial charge >= 0.3 is 6.03 Å². The Hall–Kier alpha value is -1.14. The molecular formula is C9H18N4O2. The van der Waals surface area contributed by atoms with Crippen LogP contribution in [0.4, 0.5) is 4.79 Å². The molecule has 0 aliphatic carbocycles. The van der Waals surface area contributed by atoms with Crippen molar-refractivity contribution in [3.8, 4) is 0 Å². The van der Waals surface area contributed by atoms with Crippen LogP contribution in [0.5, 0.6) is 0 Å². The van der Waals surface area contributed by atoms with E-state index in [1.165, 1.54) is 0 Å². The molecule has 0 bridgehead atoms. The third kappa shape index (κ3) is 4.75. The van der Waals surface area contributed by atoms with Gasteiger partial charge in [0, 0.05) is 25.6 Å². The van der Waals surface area contributed by atoms with E-state index < -0.39 is 6.03 Å². The van der Waals surface area contributed by atoms with Crippen molar-refractivity contribution >= 4 is 11.9 Å². The molecule has 1 saturated heterocycles. The molecule has 1 heterocycles. The minimum atomic E-state index is -0.796. The molecule has 6 nitrogen and oxygen atoms in total. The highest BCUT2D eigenvalue weighted by Gasteiger charge is 2.17. The molecule has 0 aromatic rings. The van der Waals surface area contributed by atoms with E-state index in [0.717, 1.165) is 25.9 Å². The van der Waals surface area contributed by atoms with Gasteiger partial charge in [0.05, 0.1) is 0 Å². The predicted octanol–water partition coefficient (Wildman–Crippen LogP) is -1.01. The molecular weight excluding hydrogens is 196 g/mol. The monoisotopic (exact) mass is 214 g/mol. The van der Waals surface area contributed by atoms with Gasteiger partial charge in [-0.05, 0) is 19.4 Å². The number of nitrogens with zero attached hydrogens (tertiary/aromatic N) is 1. The maximum Gasteiger partial charge on any atom is 0.318 e. The molecule has 0 unspecified atom stereocenters. The Labute approximate surface area is 89.0 Å². The van der Waals surface area contributed by atoms with E-state index in [0.29, 0.717) is 6.54 Å². The number of carbonyl (C=O) groups is 2. The first-order valence-electron chi connectivity index (χ1n) is 5.15. The zero-order chi connectivity index (χ0) is 11.3. The van der Waals surface area contributed by atoms with Crippen molar-refractivity contribution in [2.45, 2.75) is 25.3 Å². The highest BCUT2D eigenvalue weighted by atomic mass is 16.2. The second-order valence-corrected chi connectivity index (χ2v) is 3.87. The Bertz CT molecular complexity index is 244. The molecule has 0 spiro atoms. The van der Waals surface area contributed by atoms with E-state index in [2.05, 4.69) is 4.90 Å². The number of carbonyl (C=O) groups excluding carboxylic acids is 2. The van der Waals surface area contributed by atoms with E-state index in [-0.39, 0.29) is 18.4 Å². The zero-order valence-corrected chi connectivity index (χ0v) is 8.74. The normalized spacial score (nSPS) is 22.3. The number of nitrogens with two attached hydrogens (primary N) is 2. The maximum atomic E-state index is 11.1. The van der Waals surface area contributed by atoms with Gasteiger partial charge in [0.2, 0.25) is 5.91 Å². The van der Waals surface area contributed by atoms with Crippen LogP contribution in [0.2, 0.25) is 0 Å². The summed E-state index contributed by atoms with van der Waals surface area (Å²) in [7, 11) is 0. The second-order valence-electron chi connectivity index (χ2n) is 3.87. The molecule has 0 aromatic carbocycles. The Balaban J connectivity index is 2.18. The lowest BCUT2D eigenvalue weighted by atomic mass is 10.1. The van der Waals surface area contributed by atoms with Crippen molar-refractivity contribution in [2.24, 2.45) is 11.5 Å². The van der Waals surface area contributed by atoms with Crippen LogP contribution in [-0.4, -0.2) is 42.5 Å². The van der Waals surface area contributed by atoms with Gasteiger partial charge in [0.15, 0.2) is 0 Å². The van der Waals surface area contributed by atoms with Gasteiger partial charge < -0.3 is 16.4 Å². The number of likely N-dealkylation sites (tertiary alicyclic amines) is 1. The van der Waals surface area contributed by atoms with E-state index in [1.807, 2.05) is 5.32 Å². The molecule has 0 saturated carbocycles. The quantitative estimate of drug-likeness (QED) is 0.560. The predicted molar refractivity (Wildman–Crippen MR) is 56.0 cm³/mol. The summed E-state index contributed by atoms with van der Waals surface area (Å²) in [4.78, 5) is 23.6.